The van der Waals surface area contributed by atoms with Gasteiger partial charge in [-0.3, -0.25) is 4.79 Å². The Kier molecular flexibility index (Phi) is 4.99. The number of amides is 3. The summed E-state index contributed by atoms with van der Waals surface area (Å²) < 4.78 is 23.1. The summed E-state index contributed by atoms with van der Waals surface area (Å²) in [5, 5.41) is 2.87. The van der Waals surface area contributed by atoms with Crippen LogP contribution in [0.2, 0.25) is 0 Å². The van der Waals surface area contributed by atoms with Crippen molar-refractivity contribution in [1.29, 1.82) is 0 Å². The fraction of sp³-hybridized carbons (Fsp3) is 0.529. The Bertz CT molecular complexity index is 770. The number of hydrogen-bond acceptors (Lipinski definition) is 4. The van der Waals surface area contributed by atoms with Crippen molar-refractivity contribution in [2.75, 3.05) is 43.0 Å². The second-order valence-corrected chi connectivity index (χ2v) is 8.94. The maximum atomic E-state index is 12.4. The molecule has 25 heavy (non-hydrogen) atoms. The van der Waals surface area contributed by atoms with Crippen molar-refractivity contribution < 1.29 is 18.0 Å². The van der Waals surface area contributed by atoms with Gasteiger partial charge in [0.2, 0.25) is 5.91 Å². The van der Waals surface area contributed by atoms with E-state index in [1.165, 1.54) is 0 Å². The van der Waals surface area contributed by atoms with Gasteiger partial charge in [-0.05, 0) is 31.0 Å². The molecule has 0 saturated carbocycles. The SMILES string of the molecule is Cc1cccc(NC(=O)N2CCN(C(=O)C3CCS(=O)(=O)C3)CC2)c1. The van der Waals surface area contributed by atoms with E-state index in [4.69, 9.17) is 0 Å². The molecule has 2 aliphatic rings. The molecule has 2 saturated heterocycles. The van der Waals surface area contributed by atoms with E-state index in [0.29, 0.717) is 32.6 Å². The molecule has 2 aliphatic heterocycles. The maximum Gasteiger partial charge on any atom is 0.321 e. The average Bonchev–Trinajstić information content (AvgIpc) is 2.94. The summed E-state index contributed by atoms with van der Waals surface area (Å²) in [6, 6.07) is 7.41. The molecule has 8 heteroatoms. The van der Waals surface area contributed by atoms with Crippen molar-refractivity contribution in [1.82, 2.24) is 9.80 Å². The Morgan fingerprint density at radius 3 is 2.40 bits per heavy atom. The lowest BCUT2D eigenvalue weighted by Gasteiger charge is -2.35. The Morgan fingerprint density at radius 2 is 1.80 bits per heavy atom. The molecule has 1 aromatic carbocycles. The molecule has 1 atom stereocenters. The zero-order valence-corrected chi connectivity index (χ0v) is 15.1. The number of hydrogen-bond donors (Lipinski definition) is 1. The van der Waals surface area contributed by atoms with Crippen LogP contribution in [0.5, 0.6) is 0 Å². The van der Waals surface area contributed by atoms with Crippen molar-refractivity contribution in [3.8, 4) is 0 Å². The quantitative estimate of drug-likeness (QED) is 0.850. The van der Waals surface area contributed by atoms with Gasteiger partial charge >= 0.3 is 6.03 Å². The van der Waals surface area contributed by atoms with Crippen LogP contribution in [0.15, 0.2) is 24.3 Å². The molecule has 136 valence electrons. The van der Waals surface area contributed by atoms with Gasteiger partial charge in [0.15, 0.2) is 9.84 Å². The smallest absolute Gasteiger partial charge is 0.321 e. The minimum atomic E-state index is -3.06. The van der Waals surface area contributed by atoms with Crippen molar-refractivity contribution in [2.24, 2.45) is 5.92 Å². The molecular weight excluding hydrogens is 342 g/mol. The number of nitrogens with one attached hydrogen (secondary N) is 1. The van der Waals surface area contributed by atoms with Gasteiger partial charge < -0.3 is 15.1 Å². The van der Waals surface area contributed by atoms with Crippen molar-refractivity contribution in [2.45, 2.75) is 13.3 Å². The van der Waals surface area contributed by atoms with E-state index in [1.54, 1.807) is 9.80 Å². The van der Waals surface area contributed by atoms with Crippen molar-refractivity contribution >= 4 is 27.5 Å². The second-order valence-electron chi connectivity index (χ2n) is 6.71. The number of anilines is 1. The lowest BCUT2D eigenvalue weighted by atomic mass is 10.1. The van der Waals surface area contributed by atoms with E-state index in [-0.39, 0.29) is 23.4 Å². The van der Waals surface area contributed by atoms with E-state index in [9.17, 15) is 18.0 Å². The van der Waals surface area contributed by atoms with Gasteiger partial charge in [0.05, 0.1) is 17.4 Å². The highest BCUT2D eigenvalue weighted by atomic mass is 32.2. The maximum absolute atomic E-state index is 12.4. The van der Waals surface area contributed by atoms with Gasteiger partial charge in [0.25, 0.3) is 0 Å². The van der Waals surface area contributed by atoms with Crippen LogP contribution in [-0.2, 0) is 14.6 Å². The summed E-state index contributed by atoms with van der Waals surface area (Å²) >= 11 is 0. The molecule has 1 unspecified atom stereocenters. The van der Waals surface area contributed by atoms with Gasteiger partial charge in [0, 0.05) is 31.9 Å². The first-order chi connectivity index (χ1) is 11.8. The first-order valence-electron chi connectivity index (χ1n) is 8.46. The summed E-state index contributed by atoms with van der Waals surface area (Å²) in [6.45, 7) is 3.74. The minimum Gasteiger partial charge on any atom is -0.339 e. The molecular formula is C17H23N3O4S. The Labute approximate surface area is 147 Å². The molecule has 0 bridgehead atoms. The van der Waals surface area contributed by atoms with Crippen molar-refractivity contribution in [3.63, 3.8) is 0 Å². The molecule has 2 fully saturated rings. The van der Waals surface area contributed by atoms with Gasteiger partial charge in [-0.2, -0.15) is 0 Å². The summed E-state index contributed by atoms with van der Waals surface area (Å²) in [5.74, 6) is -0.459. The predicted octanol–water partition coefficient (Wildman–Crippen LogP) is 1.11. The third-order valence-electron chi connectivity index (χ3n) is 4.73. The molecule has 0 aromatic heterocycles. The van der Waals surface area contributed by atoms with E-state index in [2.05, 4.69) is 5.32 Å². The predicted molar refractivity (Wildman–Crippen MR) is 95.1 cm³/mol. The highest BCUT2D eigenvalue weighted by molar-refractivity contribution is 7.91. The zero-order valence-electron chi connectivity index (χ0n) is 14.3. The Hall–Kier alpha value is -2.09. The second kappa shape index (κ2) is 7.03. The minimum absolute atomic E-state index is 0.0418. The van der Waals surface area contributed by atoms with E-state index in [1.807, 2.05) is 31.2 Å². The Morgan fingerprint density at radius 1 is 1.12 bits per heavy atom. The normalized spacial score (nSPS) is 22.7. The van der Waals surface area contributed by atoms with Crippen LogP contribution in [-0.4, -0.2) is 67.8 Å². The van der Waals surface area contributed by atoms with Gasteiger partial charge in [-0.15, -0.1) is 0 Å². The molecule has 3 rings (SSSR count). The van der Waals surface area contributed by atoms with Crippen LogP contribution < -0.4 is 5.32 Å². The molecule has 1 aromatic rings. The standard InChI is InChI=1S/C17H23N3O4S/c1-13-3-2-4-15(11-13)18-17(22)20-8-6-19(7-9-20)16(21)14-5-10-25(23,24)12-14/h2-4,11,14H,5-10,12H2,1H3,(H,18,22). The number of carbonyl (C=O) groups excluding carboxylic acids is 2. The Balaban J connectivity index is 1.51. The fourth-order valence-corrected chi connectivity index (χ4v) is 5.04. The fourth-order valence-electron chi connectivity index (χ4n) is 3.30. The monoisotopic (exact) mass is 365 g/mol. The summed E-state index contributed by atoms with van der Waals surface area (Å²) in [7, 11) is -3.06. The van der Waals surface area contributed by atoms with Crippen LogP contribution in [0.3, 0.4) is 0 Å². The van der Waals surface area contributed by atoms with Crippen LogP contribution in [0.25, 0.3) is 0 Å². The van der Waals surface area contributed by atoms with Gasteiger partial charge in [0.1, 0.15) is 0 Å². The van der Waals surface area contributed by atoms with Crippen LogP contribution >= 0.6 is 0 Å². The molecule has 0 aliphatic carbocycles. The zero-order chi connectivity index (χ0) is 18.0. The summed E-state index contributed by atoms with van der Waals surface area (Å²) in [5.41, 5.74) is 1.82. The average molecular weight is 365 g/mol. The third-order valence-corrected chi connectivity index (χ3v) is 6.50. The van der Waals surface area contributed by atoms with Crippen LogP contribution in [0, 0.1) is 12.8 Å². The number of rotatable bonds is 2. The topological polar surface area (TPSA) is 86.8 Å². The number of benzene rings is 1. The number of carbonyl (C=O) groups is 2. The highest BCUT2D eigenvalue weighted by Gasteiger charge is 2.36. The summed E-state index contributed by atoms with van der Waals surface area (Å²) in [4.78, 5) is 28.1. The number of urea groups is 1. The first-order valence-corrected chi connectivity index (χ1v) is 10.3. The van der Waals surface area contributed by atoms with E-state index < -0.39 is 15.8 Å². The molecule has 3 amide bonds. The van der Waals surface area contributed by atoms with Gasteiger partial charge in [-0.25, -0.2) is 13.2 Å². The highest BCUT2D eigenvalue weighted by Crippen LogP contribution is 2.21. The molecule has 2 heterocycles. The number of aryl methyl sites for hydroxylation is 1. The third kappa shape index (κ3) is 4.31. The van der Waals surface area contributed by atoms with Crippen molar-refractivity contribution in [3.05, 3.63) is 29.8 Å². The first kappa shape index (κ1) is 17.7. The lowest BCUT2D eigenvalue weighted by molar-refractivity contribution is -0.136. The summed E-state index contributed by atoms with van der Waals surface area (Å²) in [6.07, 6.45) is 0.412. The molecule has 1 N–H and O–H groups in total. The van der Waals surface area contributed by atoms with Crippen LogP contribution in [0.1, 0.15) is 12.0 Å². The van der Waals surface area contributed by atoms with Gasteiger partial charge in [-0.1, -0.05) is 12.1 Å². The molecule has 7 nitrogen and oxygen atoms in total. The molecule has 0 radical (unpaired) electrons. The molecule has 0 spiro atoms. The van der Waals surface area contributed by atoms with Crippen LogP contribution in [0.4, 0.5) is 10.5 Å². The van der Waals surface area contributed by atoms with E-state index in [0.717, 1.165) is 11.3 Å². The lowest BCUT2D eigenvalue weighted by Crippen LogP contribution is -2.53. The van der Waals surface area contributed by atoms with E-state index >= 15 is 0 Å². The number of sulfone groups is 1. The number of piperazine rings is 1. The number of nitrogens with zero attached hydrogens (tertiary/aromatic N) is 2. The largest absolute Gasteiger partial charge is 0.339 e.